The first-order chi connectivity index (χ1) is 13.9. The first kappa shape index (κ1) is 19.5. The number of carbonyl (C=O) groups is 2. The third-order valence-corrected chi connectivity index (χ3v) is 3.69. The van der Waals surface area contributed by atoms with E-state index in [9.17, 15) is 24.1 Å². The van der Waals surface area contributed by atoms with Gasteiger partial charge in [-0.3, -0.25) is 30.6 Å². The summed E-state index contributed by atoms with van der Waals surface area (Å²) >= 11 is 0. The van der Waals surface area contributed by atoms with Gasteiger partial charge in [-0.2, -0.15) is 0 Å². The van der Waals surface area contributed by atoms with Gasteiger partial charge in [-0.15, -0.1) is 0 Å². The summed E-state index contributed by atoms with van der Waals surface area (Å²) < 4.78 is 23.6. The van der Waals surface area contributed by atoms with E-state index < -0.39 is 16.7 Å². The van der Waals surface area contributed by atoms with E-state index in [4.69, 9.17) is 9.15 Å². The lowest BCUT2D eigenvalue weighted by Crippen LogP contribution is -2.41. The van der Waals surface area contributed by atoms with Gasteiger partial charge in [0.05, 0.1) is 4.92 Å². The van der Waals surface area contributed by atoms with E-state index in [0.717, 1.165) is 6.07 Å². The van der Waals surface area contributed by atoms with Crippen LogP contribution >= 0.6 is 0 Å². The number of nitro benzene ring substituents is 1. The van der Waals surface area contributed by atoms with E-state index >= 15 is 0 Å². The maximum Gasteiger partial charge on any atom is 0.305 e. The van der Waals surface area contributed by atoms with Gasteiger partial charge < -0.3 is 9.15 Å². The number of furan rings is 1. The van der Waals surface area contributed by atoms with E-state index in [1.165, 1.54) is 54.6 Å². The molecule has 0 spiro atoms. The highest BCUT2D eigenvalue weighted by Gasteiger charge is 2.15. The SMILES string of the molecule is O=C(NNC(=O)c1ccc(COc2ccc(F)cc2)o1)c1cccc([N+](=O)[O-])c1. The third kappa shape index (κ3) is 5.16. The van der Waals surface area contributed by atoms with Crippen molar-refractivity contribution in [2.45, 2.75) is 6.61 Å². The standard InChI is InChI=1S/C19H14FN3O6/c20-13-4-6-15(7-5-13)28-11-16-8-9-17(29-16)19(25)22-21-18(24)12-2-1-3-14(10-12)23(26)27/h1-10H,11H2,(H,21,24)(H,22,25). The maximum atomic E-state index is 12.9. The normalized spacial score (nSPS) is 10.2. The molecule has 1 aromatic heterocycles. The Morgan fingerprint density at radius 2 is 1.76 bits per heavy atom. The van der Waals surface area contributed by atoms with Crippen LogP contribution in [0.2, 0.25) is 0 Å². The predicted octanol–water partition coefficient (Wildman–Crippen LogP) is 2.98. The summed E-state index contributed by atoms with van der Waals surface area (Å²) in [5, 5.41) is 10.8. The number of nitrogens with zero attached hydrogens (tertiary/aromatic N) is 1. The topological polar surface area (TPSA) is 124 Å². The number of benzene rings is 2. The number of amides is 2. The predicted molar refractivity (Wildman–Crippen MR) is 97.5 cm³/mol. The Bertz CT molecular complexity index is 1050. The molecule has 3 rings (SSSR count). The first-order valence-electron chi connectivity index (χ1n) is 8.24. The number of hydrogen-bond donors (Lipinski definition) is 2. The van der Waals surface area contributed by atoms with Crippen molar-refractivity contribution in [3.05, 3.63) is 93.7 Å². The van der Waals surface area contributed by atoms with Crippen molar-refractivity contribution in [3.8, 4) is 5.75 Å². The number of ether oxygens (including phenoxy) is 1. The van der Waals surface area contributed by atoms with Crippen LogP contribution < -0.4 is 15.6 Å². The molecular weight excluding hydrogens is 385 g/mol. The summed E-state index contributed by atoms with van der Waals surface area (Å²) in [5.41, 5.74) is 4.06. The third-order valence-electron chi connectivity index (χ3n) is 3.69. The Hall–Kier alpha value is -4.21. The van der Waals surface area contributed by atoms with Crippen molar-refractivity contribution in [3.63, 3.8) is 0 Å². The molecule has 3 aromatic rings. The Morgan fingerprint density at radius 3 is 2.48 bits per heavy atom. The van der Waals surface area contributed by atoms with E-state index in [1.807, 2.05) is 0 Å². The Morgan fingerprint density at radius 1 is 1.03 bits per heavy atom. The molecule has 0 aliphatic heterocycles. The molecule has 0 fully saturated rings. The molecule has 2 amide bonds. The molecule has 0 saturated carbocycles. The largest absolute Gasteiger partial charge is 0.486 e. The van der Waals surface area contributed by atoms with Crippen LogP contribution in [0.4, 0.5) is 10.1 Å². The number of rotatable bonds is 6. The number of hydrazine groups is 1. The van der Waals surface area contributed by atoms with Crippen LogP contribution in [0.1, 0.15) is 26.7 Å². The molecule has 0 aliphatic carbocycles. The zero-order valence-corrected chi connectivity index (χ0v) is 14.8. The van der Waals surface area contributed by atoms with Gasteiger partial charge in [-0.05, 0) is 42.5 Å². The van der Waals surface area contributed by atoms with Crippen LogP contribution in [-0.2, 0) is 6.61 Å². The number of non-ortho nitro benzene ring substituents is 1. The second-order valence-corrected chi connectivity index (χ2v) is 5.72. The van der Waals surface area contributed by atoms with Crippen LogP contribution in [0.5, 0.6) is 5.75 Å². The summed E-state index contributed by atoms with van der Waals surface area (Å²) in [6.45, 7) is 0.0129. The zero-order valence-electron chi connectivity index (χ0n) is 14.8. The molecule has 0 unspecified atom stereocenters. The molecule has 29 heavy (non-hydrogen) atoms. The van der Waals surface area contributed by atoms with Crippen LogP contribution in [0.15, 0.2) is 65.1 Å². The second kappa shape index (κ2) is 8.65. The molecule has 2 aromatic carbocycles. The van der Waals surface area contributed by atoms with Gasteiger partial charge >= 0.3 is 5.91 Å². The van der Waals surface area contributed by atoms with Crippen LogP contribution in [-0.4, -0.2) is 16.7 Å². The second-order valence-electron chi connectivity index (χ2n) is 5.72. The minimum atomic E-state index is -0.728. The number of nitro groups is 1. The molecule has 0 saturated heterocycles. The fourth-order valence-corrected chi connectivity index (χ4v) is 2.27. The molecule has 0 atom stereocenters. The van der Waals surface area contributed by atoms with E-state index in [2.05, 4.69) is 10.9 Å². The smallest absolute Gasteiger partial charge is 0.305 e. The summed E-state index contributed by atoms with van der Waals surface area (Å²) in [6, 6.07) is 13.4. The van der Waals surface area contributed by atoms with Gasteiger partial charge in [0.25, 0.3) is 11.6 Å². The molecule has 148 valence electrons. The Labute approximate surface area is 163 Å². The highest BCUT2D eigenvalue weighted by molar-refractivity contribution is 5.98. The maximum absolute atomic E-state index is 12.9. The first-order valence-corrected chi connectivity index (χ1v) is 8.24. The fourth-order valence-electron chi connectivity index (χ4n) is 2.27. The number of carbonyl (C=O) groups excluding carboxylic acids is 2. The lowest BCUT2D eigenvalue weighted by atomic mass is 10.2. The number of nitrogens with one attached hydrogen (secondary N) is 2. The van der Waals surface area contributed by atoms with Gasteiger partial charge in [0, 0.05) is 17.7 Å². The molecular formula is C19H14FN3O6. The van der Waals surface area contributed by atoms with Gasteiger partial charge in [0.15, 0.2) is 5.76 Å². The van der Waals surface area contributed by atoms with Crippen LogP contribution in [0.3, 0.4) is 0 Å². The van der Waals surface area contributed by atoms with Crippen molar-refractivity contribution in [2.24, 2.45) is 0 Å². The minimum Gasteiger partial charge on any atom is -0.486 e. The molecule has 1 heterocycles. The summed E-state index contributed by atoms with van der Waals surface area (Å²) in [5.74, 6) is -1.16. The lowest BCUT2D eigenvalue weighted by molar-refractivity contribution is -0.384. The monoisotopic (exact) mass is 399 g/mol. The van der Waals surface area contributed by atoms with Gasteiger partial charge in [-0.25, -0.2) is 4.39 Å². The number of hydrogen-bond acceptors (Lipinski definition) is 6. The van der Waals surface area contributed by atoms with E-state index in [1.54, 1.807) is 0 Å². The van der Waals surface area contributed by atoms with Crippen molar-refractivity contribution in [2.75, 3.05) is 0 Å². The highest BCUT2D eigenvalue weighted by atomic mass is 19.1. The fraction of sp³-hybridized carbons (Fsp3) is 0.0526. The van der Waals surface area contributed by atoms with Crippen LogP contribution in [0, 0.1) is 15.9 Å². The molecule has 0 aliphatic rings. The molecule has 0 bridgehead atoms. The minimum absolute atomic E-state index is 0.00679. The van der Waals surface area contributed by atoms with Gasteiger partial charge in [-0.1, -0.05) is 6.07 Å². The quantitative estimate of drug-likeness (QED) is 0.485. The highest BCUT2D eigenvalue weighted by Crippen LogP contribution is 2.15. The van der Waals surface area contributed by atoms with E-state index in [-0.39, 0.29) is 29.4 Å². The Kier molecular flexibility index (Phi) is 5.83. The number of halogens is 1. The van der Waals surface area contributed by atoms with Gasteiger partial charge in [0.2, 0.25) is 0 Å². The summed E-state index contributed by atoms with van der Waals surface area (Å²) in [4.78, 5) is 34.2. The molecule has 2 N–H and O–H groups in total. The molecule has 0 radical (unpaired) electrons. The van der Waals surface area contributed by atoms with Gasteiger partial charge in [0.1, 0.15) is 23.9 Å². The lowest BCUT2D eigenvalue weighted by Gasteiger charge is -2.06. The molecule has 10 heteroatoms. The van der Waals surface area contributed by atoms with Crippen molar-refractivity contribution < 1.29 is 28.1 Å². The van der Waals surface area contributed by atoms with E-state index in [0.29, 0.717) is 11.5 Å². The molecule has 9 nitrogen and oxygen atoms in total. The zero-order chi connectivity index (χ0) is 20.8. The van der Waals surface area contributed by atoms with Crippen molar-refractivity contribution >= 4 is 17.5 Å². The average Bonchev–Trinajstić information content (AvgIpc) is 3.20. The summed E-state index contributed by atoms with van der Waals surface area (Å²) in [7, 11) is 0. The Balaban J connectivity index is 1.53. The van der Waals surface area contributed by atoms with Crippen LogP contribution in [0.25, 0.3) is 0 Å². The van der Waals surface area contributed by atoms with Crippen molar-refractivity contribution in [1.82, 2.24) is 10.9 Å². The summed E-state index contributed by atoms with van der Waals surface area (Å²) in [6.07, 6.45) is 0. The average molecular weight is 399 g/mol. The van der Waals surface area contributed by atoms with Crippen molar-refractivity contribution in [1.29, 1.82) is 0 Å².